The summed E-state index contributed by atoms with van der Waals surface area (Å²) in [7, 11) is 0. The number of aromatic nitrogens is 1. The van der Waals surface area contributed by atoms with Gasteiger partial charge in [-0.25, -0.2) is 14.2 Å². The van der Waals surface area contributed by atoms with Gasteiger partial charge in [-0.05, 0) is 48.6 Å². The molecule has 6 N–H and O–H groups in total. The smallest absolute Gasteiger partial charge is 0.328 e. The monoisotopic (exact) mass is 524 g/mol. The first-order chi connectivity index (χ1) is 17.8. The number of esters is 1. The minimum absolute atomic E-state index is 0.257. The molecule has 1 aromatic heterocycles. The van der Waals surface area contributed by atoms with Crippen molar-refractivity contribution in [1.82, 2.24) is 21.0 Å². The molecule has 2 aromatic rings. The van der Waals surface area contributed by atoms with Crippen molar-refractivity contribution in [1.29, 1.82) is 0 Å². The second-order valence-electron chi connectivity index (χ2n) is 8.78. The van der Waals surface area contributed by atoms with Gasteiger partial charge in [-0.2, -0.15) is 0 Å². The fourth-order valence-electron chi connectivity index (χ4n) is 4.37. The number of carbonyl (C=O) groups is 1. The maximum atomic E-state index is 14.6. The van der Waals surface area contributed by atoms with Crippen LogP contribution < -0.4 is 27.2 Å². The largest absolute Gasteiger partial charge is 0.464 e. The first-order valence-electron chi connectivity index (χ1n) is 11.9. The van der Waals surface area contributed by atoms with E-state index in [1.165, 1.54) is 6.07 Å². The Morgan fingerprint density at radius 1 is 1.30 bits per heavy atom. The molecule has 1 aliphatic carbocycles. The van der Waals surface area contributed by atoms with Crippen molar-refractivity contribution in [2.24, 2.45) is 5.73 Å². The van der Waals surface area contributed by atoms with Crippen molar-refractivity contribution in [3.05, 3.63) is 100 Å². The van der Waals surface area contributed by atoms with E-state index in [1.54, 1.807) is 18.3 Å². The van der Waals surface area contributed by atoms with Gasteiger partial charge >= 0.3 is 5.97 Å². The summed E-state index contributed by atoms with van der Waals surface area (Å²) in [6.07, 6.45) is 7.05. The van der Waals surface area contributed by atoms with Crippen LogP contribution in [-0.4, -0.2) is 23.6 Å². The van der Waals surface area contributed by atoms with Crippen LogP contribution in [-0.2, 0) is 16.0 Å². The van der Waals surface area contributed by atoms with Gasteiger partial charge in [0.2, 0.25) is 0 Å². The number of nitrogens with two attached hydrogens (primary N) is 1. The number of hydrogen-bond donors (Lipinski definition) is 5. The fraction of sp³-hybridized carbons (Fsp3) is 0.259. The van der Waals surface area contributed by atoms with Gasteiger partial charge in [-0.15, -0.1) is 0 Å². The van der Waals surface area contributed by atoms with Crippen LogP contribution in [0.2, 0.25) is 5.02 Å². The lowest BCUT2D eigenvalue weighted by Gasteiger charge is -2.25. The van der Waals surface area contributed by atoms with E-state index in [4.69, 9.17) is 22.1 Å². The number of pyridine rings is 1. The predicted molar refractivity (Wildman–Crippen MR) is 143 cm³/mol. The van der Waals surface area contributed by atoms with E-state index >= 15 is 0 Å². The number of fused-ring (bicyclic) bond motifs is 1. The number of cyclic esters (lactones) is 1. The molecule has 1 aliphatic heterocycles. The Hall–Kier alpha value is -3.98. The number of nitrogens with one attached hydrogen (secondary N) is 4. The van der Waals surface area contributed by atoms with E-state index in [-0.39, 0.29) is 11.8 Å². The van der Waals surface area contributed by atoms with Gasteiger partial charge in [0.25, 0.3) is 0 Å². The summed E-state index contributed by atoms with van der Waals surface area (Å²) in [5, 5.41) is 6.69. The number of allylic oxidation sites excluding steroid dienone is 2. The molecular formula is C27H30ClFN6O2. The summed E-state index contributed by atoms with van der Waals surface area (Å²) in [5.41, 5.74) is 16.4. The molecule has 0 amide bonds. The Balaban J connectivity index is 1.44. The van der Waals surface area contributed by atoms with E-state index in [0.717, 1.165) is 11.1 Å². The molecule has 1 aromatic carbocycles. The fourth-order valence-corrected chi connectivity index (χ4v) is 4.58. The quantitative estimate of drug-likeness (QED) is 0.245. The lowest BCUT2D eigenvalue weighted by molar-refractivity contribution is -0.139. The third kappa shape index (κ3) is 5.89. The molecule has 2 aliphatic rings. The van der Waals surface area contributed by atoms with Crippen LogP contribution in [0.5, 0.6) is 0 Å². The first kappa shape index (κ1) is 26.1. The molecule has 10 heteroatoms. The zero-order valence-corrected chi connectivity index (χ0v) is 21.3. The predicted octanol–water partition coefficient (Wildman–Crippen LogP) is 4.20. The molecule has 1 fully saturated rings. The van der Waals surface area contributed by atoms with Crippen molar-refractivity contribution >= 4 is 29.1 Å². The zero-order chi connectivity index (χ0) is 26.5. The van der Waals surface area contributed by atoms with Crippen LogP contribution in [0.4, 0.5) is 10.2 Å². The van der Waals surface area contributed by atoms with Gasteiger partial charge in [0.05, 0.1) is 17.7 Å². The van der Waals surface area contributed by atoms with E-state index in [0.29, 0.717) is 65.1 Å². The van der Waals surface area contributed by atoms with E-state index in [2.05, 4.69) is 39.6 Å². The van der Waals surface area contributed by atoms with Gasteiger partial charge in [-0.3, -0.25) is 10.9 Å². The highest BCUT2D eigenvalue weighted by molar-refractivity contribution is 6.33. The highest BCUT2D eigenvalue weighted by atomic mass is 35.5. The number of anilines is 1. The summed E-state index contributed by atoms with van der Waals surface area (Å²) in [6, 6.07) is 5.88. The summed E-state index contributed by atoms with van der Waals surface area (Å²) < 4.78 is 19.6. The number of benzene rings is 1. The van der Waals surface area contributed by atoms with Crippen LogP contribution in [0.3, 0.4) is 0 Å². The number of carbonyl (C=O) groups excluding carboxylic acids is 1. The molecule has 194 valence electrons. The molecule has 2 heterocycles. The lowest BCUT2D eigenvalue weighted by atomic mass is 9.94. The third-order valence-corrected chi connectivity index (χ3v) is 6.55. The Bertz CT molecular complexity index is 1290. The van der Waals surface area contributed by atoms with E-state index < -0.39 is 12.1 Å². The number of halogens is 2. The van der Waals surface area contributed by atoms with Gasteiger partial charge in [0.1, 0.15) is 17.7 Å². The highest BCUT2D eigenvalue weighted by Gasteiger charge is 2.27. The SMILES string of the molecule is C=C(NNc1ncc(C(=C)NC2CCOC2=O)cc1Cl)NC1C(/C=C\C)=C(N)CCc2c(F)cccc21. The van der Waals surface area contributed by atoms with Gasteiger partial charge < -0.3 is 21.1 Å². The third-order valence-electron chi connectivity index (χ3n) is 6.26. The first-order valence-corrected chi connectivity index (χ1v) is 12.3. The number of hydrogen-bond acceptors (Lipinski definition) is 8. The van der Waals surface area contributed by atoms with Crippen molar-refractivity contribution in [2.75, 3.05) is 12.0 Å². The molecule has 0 spiro atoms. The van der Waals surface area contributed by atoms with Crippen LogP contribution in [0.1, 0.15) is 42.5 Å². The van der Waals surface area contributed by atoms with Gasteiger partial charge in [-0.1, -0.05) is 49.0 Å². The summed E-state index contributed by atoms with van der Waals surface area (Å²) >= 11 is 6.43. The average molecular weight is 525 g/mol. The normalized spacial score (nSPS) is 19.2. The number of hydrazine groups is 1. The number of nitrogens with zero attached hydrogens (tertiary/aromatic N) is 1. The van der Waals surface area contributed by atoms with E-state index in [1.807, 2.05) is 25.1 Å². The van der Waals surface area contributed by atoms with Gasteiger partial charge in [0, 0.05) is 29.6 Å². The van der Waals surface area contributed by atoms with Gasteiger partial charge in [0.15, 0.2) is 5.82 Å². The Labute approximate surface area is 220 Å². The van der Waals surface area contributed by atoms with Crippen molar-refractivity contribution < 1.29 is 13.9 Å². The standard InChI is InChI=1S/C27H30ClFN6O2/c1-4-6-20-23(30)10-9-18-19(7-5-8-22(18)29)25(20)33-16(3)34-35-26-21(28)13-17(14-31-26)15(2)32-24-11-12-37-27(24)36/h4-8,13-14,24-25,32-34H,2-3,9-12,30H2,1H3,(H,31,35)/b6-4-. The lowest BCUT2D eigenvalue weighted by Crippen LogP contribution is -2.34. The molecule has 37 heavy (non-hydrogen) atoms. The Kier molecular flexibility index (Phi) is 8.03. The molecule has 0 saturated carbocycles. The molecule has 2 unspecified atom stereocenters. The zero-order valence-electron chi connectivity index (χ0n) is 20.5. The summed E-state index contributed by atoms with van der Waals surface area (Å²) in [4.78, 5) is 16.0. The summed E-state index contributed by atoms with van der Waals surface area (Å²) in [6.45, 7) is 10.3. The minimum Gasteiger partial charge on any atom is -0.464 e. The molecule has 1 saturated heterocycles. The van der Waals surface area contributed by atoms with Crippen LogP contribution in [0.15, 0.2) is 72.9 Å². The van der Waals surface area contributed by atoms with Crippen molar-refractivity contribution in [3.63, 3.8) is 0 Å². The van der Waals surface area contributed by atoms with Crippen LogP contribution >= 0.6 is 11.6 Å². The number of ether oxygens (including phenoxy) is 1. The second kappa shape index (κ2) is 11.4. The molecule has 0 bridgehead atoms. The molecule has 0 radical (unpaired) electrons. The maximum absolute atomic E-state index is 14.6. The Morgan fingerprint density at radius 3 is 2.81 bits per heavy atom. The van der Waals surface area contributed by atoms with Crippen LogP contribution in [0.25, 0.3) is 5.70 Å². The summed E-state index contributed by atoms with van der Waals surface area (Å²) in [5.74, 6) is 0.205. The molecule has 2 atom stereocenters. The van der Waals surface area contributed by atoms with Crippen molar-refractivity contribution in [2.45, 2.75) is 38.3 Å². The number of rotatable bonds is 9. The average Bonchev–Trinajstić information content (AvgIpc) is 3.22. The maximum Gasteiger partial charge on any atom is 0.328 e. The molecule has 8 nitrogen and oxygen atoms in total. The van der Waals surface area contributed by atoms with E-state index in [9.17, 15) is 9.18 Å². The topological polar surface area (TPSA) is 113 Å². The minimum atomic E-state index is -0.432. The van der Waals surface area contributed by atoms with Crippen LogP contribution in [0, 0.1) is 5.82 Å². The van der Waals surface area contributed by atoms with Crippen molar-refractivity contribution in [3.8, 4) is 0 Å². The molecular weight excluding hydrogens is 495 g/mol. The second-order valence-corrected chi connectivity index (χ2v) is 9.19. The Morgan fingerprint density at radius 2 is 2.11 bits per heavy atom. The highest BCUT2D eigenvalue weighted by Crippen LogP contribution is 2.34. The molecule has 4 rings (SSSR count).